The third kappa shape index (κ3) is 2.75. The monoisotopic (exact) mass is 393 g/mol. The van der Waals surface area contributed by atoms with Gasteiger partial charge in [0.2, 0.25) is 5.13 Å². The van der Waals surface area contributed by atoms with Crippen LogP contribution < -0.4 is 10.9 Å². The van der Waals surface area contributed by atoms with Crippen LogP contribution in [0.25, 0.3) is 11.3 Å². The number of fused-ring (bicyclic) bond motifs is 2. The zero-order chi connectivity index (χ0) is 17.8. The second-order valence-electron chi connectivity index (χ2n) is 7.75. The van der Waals surface area contributed by atoms with Gasteiger partial charge in [0.25, 0.3) is 0 Å². The highest BCUT2D eigenvalue weighted by Crippen LogP contribution is 2.63. The highest BCUT2D eigenvalue weighted by molar-refractivity contribution is 7.14. The van der Waals surface area contributed by atoms with Gasteiger partial charge in [-0.05, 0) is 35.8 Å². The summed E-state index contributed by atoms with van der Waals surface area (Å²) in [5.74, 6) is 0.583. The molecule has 2 aliphatic rings. The first-order valence-corrected chi connectivity index (χ1v) is 10.1. The fourth-order valence-electron chi connectivity index (χ4n) is 4.14. The van der Waals surface area contributed by atoms with E-state index in [0.29, 0.717) is 21.4 Å². The number of thiazole rings is 1. The topological polar surface area (TPSA) is 37.0 Å². The molecule has 1 fully saturated rings. The summed E-state index contributed by atoms with van der Waals surface area (Å²) < 4.78 is 0. The lowest BCUT2D eigenvalue weighted by molar-refractivity contribution is 0.178. The van der Waals surface area contributed by atoms with Crippen molar-refractivity contribution in [1.29, 1.82) is 0 Å². The van der Waals surface area contributed by atoms with E-state index in [9.17, 15) is 0 Å². The van der Waals surface area contributed by atoms with Crippen molar-refractivity contribution in [2.75, 3.05) is 5.43 Å². The zero-order valence-corrected chi connectivity index (χ0v) is 16.8. The lowest BCUT2D eigenvalue weighted by Gasteiger charge is -2.33. The number of nitrogens with one attached hydrogen (secondary N) is 2. The Hall–Kier alpha value is -1.23. The van der Waals surface area contributed by atoms with Crippen LogP contribution in [0.5, 0.6) is 0 Å². The van der Waals surface area contributed by atoms with Crippen LogP contribution in [0.15, 0.2) is 35.4 Å². The predicted molar refractivity (Wildman–Crippen MR) is 107 cm³/mol. The first kappa shape index (κ1) is 17.2. The molecule has 0 saturated heterocycles. The molecule has 2 aromatic rings. The van der Waals surface area contributed by atoms with Gasteiger partial charge in [0.15, 0.2) is 0 Å². The van der Waals surface area contributed by atoms with Crippen LogP contribution in [0, 0.1) is 16.7 Å². The van der Waals surface area contributed by atoms with Crippen molar-refractivity contribution in [1.82, 2.24) is 10.4 Å². The van der Waals surface area contributed by atoms with Crippen LogP contribution in [-0.4, -0.2) is 4.98 Å². The number of benzene rings is 1. The Morgan fingerprint density at radius 3 is 2.60 bits per heavy atom. The number of anilines is 1. The second-order valence-corrected chi connectivity index (χ2v) is 9.42. The maximum absolute atomic E-state index is 6.10. The number of hydrazine groups is 1. The number of halogens is 2. The Balaban J connectivity index is 1.47. The number of nitrogens with zero attached hydrogens (tertiary/aromatic N) is 1. The van der Waals surface area contributed by atoms with Gasteiger partial charge in [-0.25, -0.2) is 4.98 Å². The van der Waals surface area contributed by atoms with Gasteiger partial charge >= 0.3 is 0 Å². The van der Waals surface area contributed by atoms with Crippen molar-refractivity contribution >= 4 is 39.7 Å². The van der Waals surface area contributed by atoms with Crippen LogP contribution in [0.3, 0.4) is 0 Å². The Kier molecular flexibility index (Phi) is 4.06. The maximum atomic E-state index is 6.10. The molecule has 4 rings (SSSR count). The Morgan fingerprint density at radius 1 is 1.16 bits per heavy atom. The molecule has 2 bridgehead atoms. The first-order chi connectivity index (χ1) is 11.8. The molecular weight excluding hydrogens is 373 g/mol. The molecule has 0 amide bonds. The van der Waals surface area contributed by atoms with E-state index in [1.165, 1.54) is 18.5 Å². The predicted octanol–water partition coefficient (Wildman–Crippen LogP) is 6.37. The maximum Gasteiger partial charge on any atom is 0.202 e. The van der Waals surface area contributed by atoms with Crippen LogP contribution in [0.4, 0.5) is 5.13 Å². The molecule has 1 aromatic heterocycles. The quantitative estimate of drug-likeness (QED) is 0.592. The van der Waals surface area contributed by atoms with E-state index in [1.54, 1.807) is 17.4 Å². The van der Waals surface area contributed by atoms with E-state index in [1.807, 2.05) is 17.5 Å². The lowest BCUT2D eigenvalue weighted by Crippen LogP contribution is -2.30. The van der Waals surface area contributed by atoms with E-state index < -0.39 is 0 Å². The Bertz CT molecular complexity index is 858. The summed E-state index contributed by atoms with van der Waals surface area (Å²) in [6.45, 7) is 7.12. The fraction of sp³-hybridized carbons (Fsp3) is 0.421. The van der Waals surface area contributed by atoms with Crippen molar-refractivity contribution in [3.8, 4) is 11.3 Å². The lowest BCUT2D eigenvalue weighted by atomic mass is 9.70. The molecule has 2 aliphatic carbocycles. The molecule has 2 N–H and O–H groups in total. The van der Waals surface area contributed by atoms with Crippen LogP contribution in [0.2, 0.25) is 10.0 Å². The molecule has 0 spiro atoms. The molecule has 132 valence electrons. The number of rotatable bonds is 4. The molecule has 6 heteroatoms. The van der Waals surface area contributed by atoms with Gasteiger partial charge in [0, 0.05) is 22.6 Å². The largest absolute Gasteiger partial charge is 0.303 e. The van der Waals surface area contributed by atoms with E-state index >= 15 is 0 Å². The SMILES string of the molecule is CC1(C)[C@H]2CC[C@@]1(C)C=C2NNc1nc(-c2ccc(Cl)c(Cl)c2)cs1. The van der Waals surface area contributed by atoms with Crippen molar-refractivity contribution in [2.45, 2.75) is 33.6 Å². The molecule has 25 heavy (non-hydrogen) atoms. The second kappa shape index (κ2) is 5.90. The minimum atomic E-state index is 0.287. The summed E-state index contributed by atoms with van der Waals surface area (Å²) in [5.41, 5.74) is 10.4. The summed E-state index contributed by atoms with van der Waals surface area (Å²) in [4.78, 5) is 4.64. The van der Waals surface area contributed by atoms with Gasteiger partial charge in [0.05, 0.1) is 15.7 Å². The molecule has 1 saturated carbocycles. The van der Waals surface area contributed by atoms with Crippen LogP contribution >= 0.6 is 34.5 Å². The summed E-state index contributed by atoms with van der Waals surface area (Å²) in [7, 11) is 0. The van der Waals surface area contributed by atoms with Crippen molar-refractivity contribution < 1.29 is 0 Å². The van der Waals surface area contributed by atoms with Gasteiger partial charge in [-0.2, -0.15) is 0 Å². The van der Waals surface area contributed by atoms with E-state index in [-0.39, 0.29) is 5.41 Å². The summed E-state index contributed by atoms with van der Waals surface area (Å²) in [6, 6.07) is 5.58. The van der Waals surface area contributed by atoms with Crippen molar-refractivity contribution in [3.05, 3.63) is 45.4 Å². The van der Waals surface area contributed by atoms with Gasteiger partial charge in [0.1, 0.15) is 0 Å². The number of aromatic nitrogens is 1. The third-order valence-electron chi connectivity index (χ3n) is 6.18. The summed E-state index contributed by atoms with van der Waals surface area (Å²) in [6.07, 6.45) is 4.92. The zero-order valence-electron chi connectivity index (χ0n) is 14.5. The summed E-state index contributed by atoms with van der Waals surface area (Å²) in [5, 5.41) is 3.96. The van der Waals surface area contributed by atoms with Crippen molar-refractivity contribution in [3.63, 3.8) is 0 Å². The van der Waals surface area contributed by atoms with Crippen LogP contribution in [-0.2, 0) is 0 Å². The van der Waals surface area contributed by atoms with Gasteiger partial charge in [-0.15, -0.1) is 11.3 Å². The minimum Gasteiger partial charge on any atom is -0.303 e. The average Bonchev–Trinajstić information content (AvgIpc) is 3.17. The van der Waals surface area contributed by atoms with Crippen LogP contribution in [0.1, 0.15) is 33.6 Å². The average molecular weight is 394 g/mol. The molecule has 1 heterocycles. The normalized spacial score (nSPS) is 26.6. The number of hydrogen-bond acceptors (Lipinski definition) is 4. The van der Waals surface area contributed by atoms with Gasteiger partial charge in [-0.3, -0.25) is 5.43 Å². The molecule has 0 aliphatic heterocycles. The molecule has 2 atom stereocenters. The highest BCUT2D eigenvalue weighted by atomic mass is 35.5. The molecule has 1 aromatic carbocycles. The smallest absolute Gasteiger partial charge is 0.202 e. The molecule has 0 radical (unpaired) electrons. The highest BCUT2D eigenvalue weighted by Gasteiger charge is 2.56. The van der Waals surface area contributed by atoms with E-state index in [0.717, 1.165) is 16.4 Å². The molecular formula is C19H21Cl2N3S. The van der Waals surface area contributed by atoms with E-state index in [2.05, 4.69) is 42.7 Å². The van der Waals surface area contributed by atoms with Gasteiger partial charge < -0.3 is 5.43 Å². The standard InChI is InChI=1S/C19H21Cl2N3S/c1-18(2)12-6-7-19(18,3)9-15(12)23-24-17-22-16(10-25-17)11-4-5-13(20)14(21)8-11/h4-5,8-10,12,23H,6-7H2,1-3H3,(H,22,24)/t12-,19-/m0/s1. The fourth-order valence-corrected chi connectivity index (χ4v) is 5.11. The number of allylic oxidation sites excluding steroid dienone is 2. The number of hydrogen-bond donors (Lipinski definition) is 2. The van der Waals surface area contributed by atoms with E-state index in [4.69, 9.17) is 23.2 Å². The molecule has 0 unspecified atom stereocenters. The summed E-state index contributed by atoms with van der Waals surface area (Å²) >= 11 is 13.7. The Morgan fingerprint density at radius 2 is 1.96 bits per heavy atom. The third-order valence-corrected chi connectivity index (χ3v) is 7.68. The minimum absolute atomic E-state index is 0.287. The van der Waals surface area contributed by atoms with Gasteiger partial charge in [-0.1, -0.05) is 56.1 Å². The van der Waals surface area contributed by atoms with Crippen molar-refractivity contribution in [2.24, 2.45) is 16.7 Å². The molecule has 3 nitrogen and oxygen atoms in total. The Labute approximate surface area is 162 Å². The first-order valence-electron chi connectivity index (χ1n) is 8.46.